The van der Waals surface area contributed by atoms with Crippen LogP contribution in [0.25, 0.3) is 0 Å². The molecule has 0 radical (unpaired) electrons. The second kappa shape index (κ2) is 6.17. The second-order valence-corrected chi connectivity index (χ2v) is 5.95. The molecule has 3 heteroatoms. The molecule has 1 heterocycles. The first-order valence-corrected chi connectivity index (χ1v) is 7.29. The molecule has 18 heavy (non-hydrogen) atoms. The van der Waals surface area contributed by atoms with E-state index < -0.39 is 0 Å². The summed E-state index contributed by atoms with van der Waals surface area (Å²) in [5.74, 6) is 0.0499. The number of hydrogen-bond donors (Lipinski definition) is 0. The van der Waals surface area contributed by atoms with Gasteiger partial charge < -0.3 is 0 Å². The zero-order valence-electron chi connectivity index (χ0n) is 10.3. The molecule has 2 rings (SSSR count). The lowest BCUT2D eigenvalue weighted by molar-refractivity contribution is 0.104. The van der Waals surface area contributed by atoms with Crippen molar-refractivity contribution in [2.45, 2.75) is 26.2 Å². The van der Waals surface area contributed by atoms with Gasteiger partial charge in [-0.3, -0.25) is 4.79 Å². The normalized spacial score (nSPS) is 10.6. The molecule has 0 fully saturated rings. The molecule has 1 nitrogen and oxygen atoms in total. The van der Waals surface area contributed by atoms with Crippen molar-refractivity contribution in [1.29, 1.82) is 0 Å². The smallest absolute Gasteiger partial charge is 0.202 e. The predicted octanol–water partition coefficient (Wildman–Crippen LogP) is 4.98. The van der Waals surface area contributed by atoms with Crippen LogP contribution in [0, 0.1) is 0 Å². The van der Waals surface area contributed by atoms with Crippen LogP contribution in [0.1, 0.15) is 40.6 Å². The molecule has 0 saturated carbocycles. The van der Waals surface area contributed by atoms with Gasteiger partial charge in [-0.2, -0.15) is 0 Å². The molecule has 0 saturated heterocycles. The van der Waals surface area contributed by atoms with E-state index in [1.165, 1.54) is 29.7 Å². The van der Waals surface area contributed by atoms with Crippen molar-refractivity contribution in [3.63, 3.8) is 0 Å². The number of unbranched alkanes of at least 4 members (excludes halogenated alkanes) is 1. The summed E-state index contributed by atoms with van der Waals surface area (Å²) >= 11 is 7.17. The third-order valence-corrected chi connectivity index (χ3v) is 4.06. The minimum Gasteiger partial charge on any atom is -0.288 e. The van der Waals surface area contributed by atoms with E-state index in [1.807, 2.05) is 24.3 Å². The first-order chi connectivity index (χ1) is 8.70. The van der Waals surface area contributed by atoms with E-state index in [1.54, 1.807) is 12.1 Å². The van der Waals surface area contributed by atoms with Crippen LogP contribution in [0.15, 0.2) is 36.4 Å². The monoisotopic (exact) mass is 278 g/mol. The predicted molar refractivity (Wildman–Crippen MR) is 77.8 cm³/mol. The summed E-state index contributed by atoms with van der Waals surface area (Å²) in [6, 6.07) is 11.4. The zero-order valence-corrected chi connectivity index (χ0v) is 11.9. The summed E-state index contributed by atoms with van der Waals surface area (Å²) < 4.78 is 0.651. The van der Waals surface area contributed by atoms with Gasteiger partial charge in [-0.1, -0.05) is 49.2 Å². The lowest BCUT2D eigenvalue weighted by Gasteiger charge is -2.02. The lowest BCUT2D eigenvalue weighted by atomic mass is 10.0. The summed E-state index contributed by atoms with van der Waals surface area (Å²) in [5, 5.41) is 0. The number of thiophene rings is 1. The summed E-state index contributed by atoms with van der Waals surface area (Å²) in [4.78, 5) is 12.8. The average molecular weight is 279 g/mol. The molecule has 0 aliphatic carbocycles. The van der Waals surface area contributed by atoms with Gasteiger partial charge >= 0.3 is 0 Å². The van der Waals surface area contributed by atoms with Crippen LogP contribution in [0.4, 0.5) is 0 Å². The van der Waals surface area contributed by atoms with E-state index in [0.29, 0.717) is 9.21 Å². The van der Waals surface area contributed by atoms with E-state index in [2.05, 4.69) is 6.92 Å². The van der Waals surface area contributed by atoms with E-state index in [9.17, 15) is 4.79 Å². The summed E-state index contributed by atoms with van der Waals surface area (Å²) in [6.07, 6.45) is 3.46. The summed E-state index contributed by atoms with van der Waals surface area (Å²) in [5.41, 5.74) is 2.02. The maximum atomic E-state index is 12.1. The molecule has 0 atom stereocenters. The van der Waals surface area contributed by atoms with Crippen LogP contribution in [0.3, 0.4) is 0 Å². The van der Waals surface area contributed by atoms with Crippen molar-refractivity contribution in [3.05, 3.63) is 56.7 Å². The van der Waals surface area contributed by atoms with Crippen LogP contribution in [-0.2, 0) is 6.42 Å². The van der Waals surface area contributed by atoms with Crippen molar-refractivity contribution in [2.75, 3.05) is 0 Å². The third kappa shape index (κ3) is 3.21. The molecule has 2 aromatic rings. The third-order valence-electron chi connectivity index (χ3n) is 2.83. The molecule has 0 bridgehead atoms. The molecule has 1 aromatic carbocycles. The van der Waals surface area contributed by atoms with Crippen LogP contribution < -0.4 is 0 Å². The first-order valence-electron chi connectivity index (χ1n) is 6.09. The number of benzene rings is 1. The first kappa shape index (κ1) is 13.3. The average Bonchev–Trinajstić information content (AvgIpc) is 2.83. The van der Waals surface area contributed by atoms with Crippen molar-refractivity contribution in [3.8, 4) is 0 Å². The molecule has 0 amide bonds. The zero-order chi connectivity index (χ0) is 13.0. The van der Waals surface area contributed by atoms with Gasteiger partial charge in [-0.05, 0) is 30.5 Å². The van der Waals surface area contributed by atoms with Gasteiger partial charge in [0.1, 0.15) is 0 Å². The maximum Gasteiger partial charge on any atom is 0.202 e. The van der Waals surface area contributed by atoms with Crippen LogP contribution in [0.2, 0.25) is 4.34 Å². The quantitative estimate of drug-likeness (QED) is 0.705. The highest BCUT2D eigenvalue weighted by atomic mass is 35.5. The fourth-order valence-corrected chi connectivity index (χ4v) is 2.79. The van der Waals surface area contributed by atoms with E-state index in [4.69, 9.17) is 11.6 Å². The van der Waals surface area contributed by atoms with Crippen molar-refractivity contribution >= 4 is 28.7 Å². The molecule has 0 aliphatic heterocycles. The van der Waals surface area contributed by atoms with Crippen LogP contribution >= 0.6 is 22.9 Å². The van der Waals surface area contributed by atoms with Gasteiger partial charge in [0.25, 0.3) is 0 Å². The van der Waals surface area contributed by atoms with Gasteiger partial charge in [-0.15, -0.1) is 11.3 Å². The standard InChI is InChI=1S/C15H15ClOS/c1-2-3-4-11-5-7-12(8-6-11)15(17)13-9-10-14(16)18-13/h5-10H,2-4H2,1H3. The number of rotatable bonds is 5. The SMILES string of the molecule is CCCCc1ccc(C(=O)c2ccc(Cl)s2)cc1. The summed E-state index contributed by atoms with van der Waals surface area (Å²) in [6.45, 7) is 2.18. The maximum absolute atomic E-state index is 12.1. The Morgan fingerprint density at radius 3 is 2.44 bits per heavy atom. The van der Waals surface area contributed by atoms with Gasteiger partial charge in [0.05, 0.1) is 9.21 Å². The van der Waals surface area contributed by atoms with Crippen molar-refractivity contribution in [2.24, 2.45) is 0 Å². The number of carbonyl (C=O) groups excluding carboxylic acids is 1. The van der Waals surface area contributed by atoms with Crippen LogP contribution in [0.5, 0.6) is 0 Å². The minimum absolute atomic E-state index is 0.0499. The fourth-order valence-electron chi connectivity index (χ4n) is 1.78. The number of hydrogen-bond acceptors (Lipinski definition) is 2. The van der Waals surface area contributed by atoms with Crippen molar-refractivity contribution in [1.82, 2.24) is 0 Å². The largest absolute Gasteiger partial charge is 0.288 e. The molecule has 0 N–H and O–H groups in total. The molecule has 1 aromatic heterocycles. The molecule has 0 aliphatic rings. The Bertz CT molecular complexity index is 528. The molecular weight excluding hydrogens is 264 g/mol. The number of halogens is 1. The molecule has 94 valence electrons. The fraction of sp³-hybridized carbons (Fsp3) is 0.267. The number of carbonyl (C=O) groups is 1. The van der Waals surface area contributed by atoms with Gasteiger partial charge in [0.15, 0.2) is 0 Å². The summed E-state index contributed by atoms with van der Waals surface area (Å²) in [7, 11) is 0. The molecule has 0 unspecified atom stereocenters. The molecular formula is C15H15ClOS. The Morgan fingerprint density at radius 2 is 1.89 bits per heavy atom. The minimum atomic E-state index is 0.0499. The Labute approximate surface area is 116 Å². The second-order valence-electron chi connectivity index (χ2n) is 4.23. The van der Waals surface area contributed by atoms with E-state index in [0.717, 1.165) is 12.0 Å². The lowest BCUT2D eigenvalue weighted by Crippen LogP contribution is -1.98. The molecule has 0 spiro atoms. The number of aryl methyl sites for hydroxylation is 1. The number of ketones is 1. The van der Waals surface area contributed by atoms with Crippen LogP contribution in [-0.4, -0.2) is 5.78 Å². The Hall–Kier alpha value is -1.12. The van der Waals surface area contributed by atoms with Crippen molar-refractivity contribution < 1.29 is 4.79 Å². The Kier molecular flexibility index (Phi) is 4.56. The van der Waals surface area contributed by atoms with Gasteiger partial charge in [0.2, 0.25) is 5.78 Å². The van der Waals surface area contributed by atoms with Gasteiger partial charge in [-0.25, -0.2) is 0 Å². The highest BCUT2D eigenvalue weighted by Crippen LogP contribution is 2.24. The topological polar surface area (TPSA) is 17.1 Å². The highest BCUT2D eigenvalue weighted by molar-refractivity contribution is 7.18. The van der Waals surface area contributed by atoms with E-state index >= 15 is 0 Å². The Morgan fingerprint density at radius 1 is 1.17 bits per heavy atom. The highest BCUT2D eigenvalue weighted by Gasteiger charge is 2.11. The van der Waals surface area contributed by atoms with Gasteiger partial charge in [0, 0.05) is 5.56 Å². The van der Waals surface area contributed by atoms with E-state index in [-0.39, 0.29) is 5.78 Å². The Balaban J connectivity index is 2.12.